The minimum atomic E-state index is -0.170. The molecule has 1 heterocycles. The quantitative estimate of drug-likeness (QED) is 0.221. The zero-order valence-corrected chi connectivity index (χ0v) is 19.0. The van der Waals surface area contributed by atoms with E-state index in [1.807, 2.05) is 19.1 Å². The van der Waals surface area contributed by atoms with Gasteiger partial charge in [0.2, 0.25) is 0 Å². The summed E-state index contributed by atoms with van der Waals surface area (Å²) < 4.78 is 11.5. The molecule has 164 valence electrons. The highest BCUT2D eigenvalue weighted by Gasteiger charge is 2.14. The van der Waals surface area contributed by atoms with E-state index in [1.54, 1.807) is 23.5 Å². The molecule has 1 aromatic heterocycles. The number of aromatic hydroxyl groups is 1. The highest BCUT2D eigenvalue weighted by molar-refractivity contribution is 7.12. The van der Waals surface area contributed by atoms with E-state index in [1.165, 1.54) is 10.9 Å². The molecule has 0 amide bonds. The van der Waals surface area contributed by atoms with E-state index in [2.05, 4.69) is 26.0 Å². The number of ether oxygens (including phenoxy) is 2. The zero-order valence-electron chi connectivity index (χ0n) is 18.1. The van der Waals surface area contributed by atoms with E-state index in [0.29, 0.717) is 30.4 Å². The number of nitrogens with two attached hydrogens (primary N) is 1. The number of amidine groups is 1. The van der Waals surface area contributed by atoms with Crippen LogP contribution in [0.25, 0.3) is 11.3 Å². The Morgan fingerprint density at radius 3 is 2.26 bits per heavy atom. The van der Waals surface area contributed by atoms with Gasteiger partial charge in [-0.1, -0.05) is 13.8 Å². The largest absolute Gasteiger partial charge is 0.507 e. The fourth-order valence-corrected chi connectivity index (χ4v) is 4.11. The standard InChI is InChI=1S/C24H29N3O3S/c1-15(2)23-22(27-16(3)31-23)17-6-8-18(9-7-17)29-12-4-5-13-30-19-10-11-20(24(25)26)21(28)14-19/h6-11,14-15,28H,4-5,12-13H2,1-3H3,(H3,25,26). The lowest BCUT2D eigenvalue weighted by Gasteiger charge is -2.10. The first-order valence-electron chi connectivity index (χ1n) is 10.4. The first kappa shape index (κ1) is 22.6. The van der Waals surface area contributed by atoms with Crippen molar-refractivity contribution in [3.63, 3.8) is 0 Å². The van der Waals surface area contributed by atoms with Gasteiger partial charge in [0.15, 0.2) is 0 Å². The van der Waals surface area contributed by atoms with Crippen LogP contribution in [0.2, 0.25) is 0 Å². The minimum Gasteiger partial charge on any atom is -0.507 e. The molecule has 0 fully saturated rings. The van der Waals surface area contributed by atoms with Crippen LogP contribution in [0.5, 0.6) is 17.2 Å². The number of nitrogens with zero attached hydrogens (tertiary/aromatic N) is 1. The van der Waals surface area contributed by atoms with Crippen LogP contribution in [-0.4, -0.2) is 29.1 Å². The molecule has 0 saturated heterocycles. The summed E-state index contributed by atoms with van der Waals surface area (Å²) in [5.74, 6) is 1.63. The van der Waals surface area contributed by atoms with Crippen molar-refractivity contribution < 1.29 is 14.6 Å². The van der Waals surface area contributed by atoms with Gasteiger partial charge in [-0.2, -0.15) is 0 Å². The molecule has 0 bridgehead atoms. The van der Waals surface area contributed by atoms with Crippen LogP contribution in [0.4, 0.5) is 0 Å². The summed E-state index contributed by atoms with van der Waals surface area (Å²) in [7, 11) is 0. The highest BCUT2D eigenvalue weighted by Crippen LogP contribution is 2.34. The Morgan fingerprint density at radius 2 is 1.68 bits per heavy atom. The third kappa shape index (κ3) is 5.98. The van der Waals surface area contributed by atoms with Gasteiger partial charge in [-0.3, -0.25) is 5.41 Å². The van der Waals surface area contributed by atoms with Crippen LogP contribution in [-0.2, 0) is 0 Å². The van der Waals surface area contributed by atoms with E-state index in [0.717, 1.165) is 34.9 Å². The normalized spacial score (nSPS) is 11.0. The Balaban J connectivity index is 1.42. The summed E-state index contributed by atoms with van der Waals surface area (Å²) in [6.45, 7) is 7.56. The molecule has 31 heavy (non-hydrogen) atoms. The number of benzene rings is 2. The number of unbranched alkanes of at least 4 members (excludes halogenated alkanes) is 1. The SMILES string of the molecule is Cc1nc(-c2ccc(OCCCCOc3ccc(C(=N)N)c(O)c3)cc2)c(C(C)C)s1. The molecule has 0 aliphatic heterocycles. The average Bonchev–Trinajstić information content (AvgIpc) is 3.13. The smallest absolute Gasteiger partial charge is 0.130 e. The summed E-state index contributed by atoms with van der Waals surface area (Å²) in [5, 5.41) is 18.3. The van der Waals surface area contributed by atoms with Crippen molar-refractivity contribution in [1.82, 2.24) is 4.98 Å². The molecule has 0 aliphatic rings. The molecular weight excluding hydrogens is 410 g/mol. The van der Waals surface area contributed by atoms with Crippen LogP contribution < -0.4 is 15.2 Å². The number of hydrogen-bond donors (Lipinski definition) is 3. The summed E-state index contributed by atoms with van der Waals surface area (Å²) >= 11 is 1.76. The monoisotopic (exact) mass is 439 g/mol. The van der Waals surface area contributed by atoms with Crippen LogP contribution in [0, 0.1) is 12.3 Å². The summed E-state index contributed by atoms with van der Waals surface area (Å²) in [6, 6.07) is 12.9. The third-order valence-corrected chi connectivity index (χ3v) is 6.02. The summed E-state index contributed by atoms with van der Waals surface area (Å²) in [4.78, 5) is 6.02. The molecule has 3 rings (SSSR count). The molecule has 0 radical (unpaired) electrons. The number of phenolic OH excluding ortho intramolecular Hbond substituents is 1. The van der Waals surface area contributed by atoms with Crippen molar-refractivity contribution >= 4 is 17.2 Å². The maximum atomic E-state index is 9.84. The first-order chi connectivity index (χ1) is 14.8. The van der Waals surface area contributed by atoms with Crippen molar-refractivity contribution in [2.75, 3.05) is 13.2 Å². The molecule has 0 saturated carbocycles. The van der Waals surface area contributed by atoms with Gasteiger partial charge in [0.05, 0.1) is 29.5 Å². The molecule has 2 aromatic carbocycles. The van der Waals surface area contributed by atoms with Gasteiger partial charge in [-0.05, 0) is 62.1 Å². The number of aromatic nitrogens is 1. The lowest BCUT2D eigenvalue weighted by molar-refractivity contribution is 0.266. The second-order valence-corrected chi connectivity index (χ2v) is 8.86. The number of rotatable bonds is 10. The summed E-state index contributed by atoms with van der Waals surface area (Å²) in [6.07, 6.45) is 1.67. The Labute approximate surface area is 187 Å². The van der Waals surface area contributed by atoms with Crippen molar-refractivity contribution in [3.05, 3.63) is 57.9 Å². The number of nitrogen functional groups attached to an aromatic ring is 1. The van der Waals surface area contributed by atoms with Gasteiger partial charge in [-0.15, -0.1) is 11.3 Å². The average molecular weight is 440 g/mol. The minimum absolute atomic E-state index is 0.0508. The van der Waals surface area contributed by atoms with Gasteiger partial charge in [0.25, 0.3) is 0 Å². The van der Waals surface area contributed by atoms with Crippen molar-refractivity contribution in [2.45, 2.75) is 39.5 Å². The number of hydrogen-bond acceptors (Lipinski definition) is 6. The molecule has 7 heteroatoms. The molecule has 0 atom stereocenters. The fraction of sp³-hybridized carbons (Fsp3) is 0.333. The topological polar surface area (TPSA) is 101 Å². The van der Waals surface area contributed by atoms with Gasteiger partial charge >= 0.3 is 0 Å². The lowest BCUT2D eigenvalue weighted by Crippen LogP contribution is -2.11. The number of aryl methyl sites for hydroxylation is 1. The van der Waals surface area contributed by atoms with E-state index in [-0.39, 0.29) is 11.6 Å². The zero-order chi connectivity index (χ0) is 22.4. The predicted molar refractivity (Wildman–Crippen MR) is 126 cm³/mol. The Hall–Kier alpha value is -3.06. The van der Waals surface area contributed by atoms with E-state index >= 15 is 0 Å². The molecule has 4 N–H and O–H groups in total. The molecule has 3 aromatic rings. The van der Waals surface area contributed by atoms with Crippen LogP contribution >= 0.6 is 11.3 Å². The number of nitrogens with one attached hydrogen (secondary N) is 1. The van der Waals surface area contributed by atoms with E-state index in [9.17, 15) is 5.11 Å². The van der Waals surface area contributed by atoms with Gasteiger partial charge in [0.1, 0.15) is 23.1 Å². The van der Waals surface area contributed by atoms with Crippen molar-refractivity contribution in [1.29, 1.82) is 5.41 Å². The third-order valence-electron chi connectivity index (χ3n) is 4.75. The van der Waals surface area contributed by atoms with Crippen LogP contribution in [0.1, 0.15) is 48.1 Å². The molecule has 0 unspecified atom stereocenters. The lowest BCUT2D eigenvalue weighted by atomic mass is 10.1. The van der Waals surface area contributed by atoms with Crippen LogP contribution in [0.15, 0.2) is 42.5 Å². The first-order valence-corrected chi connectivity index (χ1v) is 11.2. The van der Waals surface area contributed by atoms with Gasteiger partial charge in [-0.25, -0.2) is 4.98 Å². The Morgan fingerprint density at radius 1 is 1.06 bits per heavy atom. The van der Waals surface area contributed by atoms with Gasteiger partial charge in [0, 0.05) is 16.5 Å². The molecule has 6 nitrogen and oxygen atoms in total. The fourth-order valence-electron chi connectivity index (χ4n) is 3.16. The highest BCUT2D eigenvalue weighted by atomic mass is 32.1. The maximum Gasteiger partial charge on any atom is 0.130 e. The molecule has 0 aliphatic carbocycles. The van der Waals surface area contributed by atoms with E-state index < -0.39 is 0 Å². The second-order valence-electron chi connectivity index (χ2n) is 7.62. The summed E-state index contributed by atoms with van der Waals surface area (Å²) in [5.41, 5.74) is 7.88. The van der Waals surface area contributed by atoms with Crippen LogP contribution in [0.3, 0.4) is 0 Å². The maximum absolute atomic E-state index is 9.84. The Bertz CT molecular complexity index is 1030. The molecule has 0 spiro atoms. The second kappa shape index (κ2) is 10.3. The molecular formula is C24H29N3O3S. The van der Waals surface area contributed by atoms with Crippen molar-refractivity contribution in [2.24, 2.45) is 5.73 Å². The predicted octanol–water partition coefficient (Wildman–Crippen LogP) is 5.47. The Kier molecular flexibility index (Phi) is 7.52. The van der Waals surface area contributed by atoms with E-state index in [4.69, 9.17) is 25.6 Å². The van der Waals surface area contributed by atoms with Gasteiger partial charge < -0.3 is 20.3 Å². The number of phenols is 1. The van der Waals surface area contributed by atoms with Crippen molar-refractivity contribution in [3.8, 4) is 28.5 Å². The number of thiazole rings is 1.